The first-order chi connectivity index (χ1) is 14.8. The minimum absolute atomic E-state index is 0.668. The van der Waals surface area contributed by atoms with Gasteiger partial charge in [-0.1, -0.05) is 42.5 Å². The lowest BCUT2D eigenvalue weighted by molar-refractivity contribution is 0.153. The Balaban J connectivity index is 1.21. The fourth-order valence-electron chi connectivity index (χ4n) is 4.73. The average molecular weight is 400 g/mol. The van der Waals surface area contributed by atoms with E-state index < -0.39 is 0 Å². The summed E-state index contributed by atoms with van der Waals surface area (Å²) in [6.45, 7) is 6.47. The average Bonchev–Trinajstić information content (AvgIpc) is 2.81. The number of hydrogen-bond donors (Lipinski definition) is 1. The number of aryl methyl sites for hydroxylation is 1. The number of rotatable bonds is 4. The summed E-state index contributed by atoms with van der Waals surface area (Å²) < 4.78 is 0. The number of nitrogens with one attached hydrogen (secondary N) is 1. The van der Waals surface area contributed by atoms with E-state index in [0.29, 0.717) is 6.04 Å². The van der Waals surface area contributed by atoms with Crippen LogP contribution in [0, 0.1) is 6.92 Å². The molecule has 0 unspecified atom stereocenters. The number of benzene rings is 2. The van der Waals surface area contributed by atoms with Crippen LogP contribution in [0.5, 0.6) is 0 Å². The van der Waals surface area contributed by atoms with Gasteiger partial charge in [-0.25, -0.2) is 9.97 Å². The first kappa shape index (κ1) is 19.1. The Labute approximate surface area is 178 Å². The number of piperidine rings is 1. The quantitative estimate of drug-likeness (QED) is 0.697. The third-order valence-electron chi connectivity index (χ3n) is 6.53. The topological polar surface area (TPSA) is 44.3 Å². The Kier molecular flexibility index (Phi) is 5.37. The number of anilines is 3. The van der Waals surface area contributed by atoms with Crippen molar-refractivity contribution in [2.75, 3.05) is 29.9 Å². The van der Waals surface area contributed by atoms with Gasteiger partial charge >= 0.3 is 0 Å². The lowest BCUT2D eigenvalue weighted by Crippen LogP contribution is -2.46. The van der Waals surface area contributed by atoms with E-state index in [1.165, 1.54) is 42.5 Å². The van der Waals surface area contributed by atoms with E-state index >= 15 is 0 Å². The Morgan fingerprint density at radius 2 is 1.67 bits per heavy atom. The number of para-hydroxylation sites is 1. The zero-order chi connectivity index (χ0) is 20.3. The molecule has 154 valence electrons. The lowest BCUT2D eigenvalue weighted by Gasteiger charge is -2.41. The van der Waals surface area contributed by atoms with Gasteiger partial charge in [0.15, 0.2) is 0 Å². The molecule has 2 aliphatic rings. The van der Waals surface area contributed by atoms with E-state index in [4.69, 9.17) is 0 Å². The summed E-state index contributed by atoms with van der Waals surface area (Å²) in [6.07, 6.45) is 5.22. The van der Waals surface area contributed by atoms with Crippen molar-refractivity contribution in [2.45, 2.75) is 38.8 Å². The van der Waals surface area contributed by atoms with E-state index in [1.54, 1.807) is 6.33 Å². The number of nitrogens with zero attached hydrogens (tertiary/aromatic N) is 4. The second kappa shape index (κ2) is 8.44. The van der Waals surface area contributed by atoms with Gasteiger partial charge in [0.25, 0.3) is 0 Å². The van der Waals surface area contributed by atoms with Crippen molar-refractivity contribution < 1.29 is 0 Å². The Bertz CT molecular complexity index is 1010. The van der Waals surface area contributed by atoms with Crippen LogP contribution in [0.25, 0.3) is 0 Å². The highest BCUT2D eigenvalue weighted by atomic mass is 15.2. The monoisotopic (exact) mass is 399 g/mol. The van der Waals surface area contributed by atoms with Gasteiger partial charge < -0.3 is 10.2 Å². The second-order valence-corrected chi connectivity index (χ2v) is 8.41. The van der Waals surface area contributed by atoms with Gasteiger partial charge in [-0.15, -0.1) is 0 Å². The van der Waals surface area contributed by atoms with Gasteiger partial charge in [0.2, 0.25) is 0 Å². The zero-order valence-electron chi connectivity index (χ0n) is 17.6. The lowest BCUT2D eigenvalue weighted by atomic mass is 9.95. The maximum atomic E-state index is 4.56. The normalized spacial score (nSPS) is 17.6. The molecule has 5 heteroatoms. The summed E-state index contributed by atoms with van der Waals surface area (Å²) in [6, 6.07) is 19.9. The fourth-order valence-corrected chi connectivity index (χ4v) is 4.73. The number of hydrogen-bond acceptors (Lipinski definition) is 5. The Hall–Kier alpha value is -2.92. The van der Waals surface area contributed by atoms with E-state index in [-0.39, 0.29) is 0 Å². The van der Waals surface area contributed by atoms with E-state index in [2.05, 4.69) is 80.5 Å². The molecule has 2 aliphatic heterocycles. The first-order valence-corrected chi connectivity index (χ1v) is 11.0. The van der Waals surface area contributed by atoms with Crippen molar-refractivity contribution in [3.63, 3.8) is 0 Å². The molecule has 1 saturated heterocycles. The van der Waals surface area contributed by atoms with Crippen LogP contribution < -0.4 is 10.2 Å². The van der Waals surface area contributed by atoms with Crippen LogP contribution in [0.1, 0.15) is 29.5 Å². The molecule has 0 bridgehead atoms. The largest absolute Gasteiger partial charge is 0.356 e. The van der Waals surface area contributed by atoms with Crippen LogP contribution in [-0.2, 0) is 13.0 Å². The molecule has 0 spiro atoms. The number of aromatic nitrogens is 2. The molecule has 1 N–H and O–H groups in total. The Morgan fingerprint density at radius 1 is 0.900 bits per heavy atom. The maximum Gasteiger partial charge on any atom is 0.135 e. The highest BCUT2D eigenvalue weighted by Gasteiger charge is 2.27. The molecule has 0 radical (unpaired) electrons. The van der Waals surface area contributed by atoms with Gasteiger partial charge in [0.05, 0.1) is 0 Å². The molecule has 1 fully saturated rings. The summed E-state index contributed by atoms with van der Waals surface area (Å²) >= 11 is 0. The predicted octanol–water partition coefficient (Wildman–Crippen LogP) is 4.56. The zero-order valence-corrected chi connectivity index (χ0v) is 17.6. The SMILES string of the molecule is Cc1ccccc1Nc1cc(N2CCC(N3CCc4ccccc4C3)CC2)ncn1. The summed E-state index contributed by atoms with van der Waals surface area (Å²) in [4.78, 5) is 14.1. The van der Waals surface area contributed by atoms with Gasteiger partial charge in [0.1, 0.15) is 18.0 Å². The summed E-state index contributed by atoms with van der Waals surface area (Å²) in [5, 5.41) is 3.44. The molecule has 0 aliphatic carbocycles. The molecular formula is C25H29N5. The van der Waals surface area contributed by atoms with E-state index in [1.807, 2.05) is 6.07 Å². The highest BCUT2D eigenvalue weighted by Crippen LogP contribution is 2.27. The van der Waals surface area contributed by atoms with Crippen molar-refractivity contribution >= 4 is 17.3 Å². The molecule has 3 heterocycles. The van der Waals surface area contributed by atoms with Crippen molar-refractivity contribution in [1.29, 1.82) is 0 Å². The van der Waals surface area contributed by atoms with Crippen molar-refractivity contribution in [2.24, 2.45) is 0 Å². The Morgan fingerprint density at radius 3 is 2.50 bits per heavy atom. The first-order valence-electron chi connectivity index (χ1n) is 11.0. The fraction of sp³-hybridized carbons (Fsp3) is 0.360. The van der Waals surface area contributed by atoms with Crippen LogP contribution in [-0.4, -0.2) is 40.5 Å². The standard InChI is InChI=1S/C25H29N5/c1-19-6-2-5-9-23(19)28-24-16-25(27-18-26-24)29-14-11-22(12-15-29)30-13-10-20-7-3-4-8-21(20)17-30/h2-9,16,18,22H,10-15,17H2,1H3,(H,26,27,28). The number of fused-ring (bicyclic) bond motifs is 1. The minimum atomic E-state index is 0.668. The van der Waals surface area contributed by atoms with Crippen LogP contribution in [0.15, 0.2) is 60.9 Å². The maximum absolute atomic E-state index is 4.56. The van der Waals surface area contributed by atoms with Crippen LogP contribution in [0.3, 0.4) is 0 Å². The summed E-state index contributed by atoms with van der Waals surface area (Å²) in [7, 11) is 0. The van der Waals surface area contributed by atoms with Gasteiger partial charge in [-0.05, 0) is 48.9 Å². The summed E-state index contributed by atoms with van der Waals surface area (Å²) in [5.41, 5.74) is 5.34. The van der Waals surface area contributed by atoms with Crippen LogP contribution in [0.4, 0.5) is 17.3 Å². The molecule has 5 rings (SSSR count). The smallest absolute Gasteiger partial charge is 0.135 e. The molecule has 0 amide bonds. The van der Waals surface area contributed by atoms with Crippen molar-refractivity contribution in [3.05, 3.63) is 77.6 Å². The minimum Gasteiger partial charge on any atom is -0.356 e. The highest BCUT2D eigenvalue weighted by molar-refractivity contribution is 5.62. The molecule has 3 aromatic rings. The second-order valence-electron chi connectivity index (χ2n) is 8.41. The predicted molar refractivity (Wildman–Crippen MR) is 122 cm³/mol. The van der Waals surface area contributed by atoms with Crippen LogP contribution in [0.2, 0.25) is 0 Å². The van der Waals surface area contributed by atoms with Crippen molar-refractivity contribution in [1.82, 2.24) is 14.9 Å². The molecule has 2 aromatic carbocycles. The molecule has 0 saturated carbocycles. The molecule has 5 nitrogen and oxygen atoms in total. The summed E-state index contributed by atoms with van der Waals surface area (Å²) in [5.74, 6) is 1.87. The van der Waals surface area contributed by atoms with E-state index in [0.717, 1.165) is 37.0 Å². The third-order valence-corrected chi connectivity index (χ3v) is 6.53. The van der Waals surface area contributed by atoms with Gasteiger partial charge in [0, 0.05) is 44.0 Å². The molecule has 30 heavy (non-hydrogen) atoms. The molecule has 1 aromatic heterocycles. The molecular weight excluding hydrogens is 370 g/mol. The van der Waals surface area contributed by atoms with Crippen LogP contribution >= 0.6 is 0 Å². The molecule has 0 atom stereocenters. The van der Waals surface area contributed by atoms with Gasteiger partial charge in [-0.3, -0.25) is 4.90 Å². The third kappa shape index (κ3) is 4.03. The van der Waals surface area contributed by atoms with Crippen molar-refractivity contribution in [3.8, 4) is 0 Å². The van der Waals surface area contributed by atoms with E-state index in [9.17, 15) is 0 Å². The van der Waals surface area contributed by atoms with Gasteiger partial charge in [-0.2, -0.15) is 0 Å².